The van der Waals surface area contributed by atoms with Gasteiger partial charge in [0, 0.05) is 30.3 Å². The molecule has 0 saturated heterocycles. The Morgan fingerprint density at radius 1 is 1.00 bits per heavy atom. The number of hydrogen-bond donors (Lipinski definition) is 1. The molecule has 4 heteroatoms. The zero-order valence-electron chi connectivity index (χ0n) is 15.9. The highest BCUT2D eigenvalue weighted by molar-refractivity contribution is 6.04. The molecule has 2 amide bonds. The number of carbonyl (C=O) groups excluding carboxylic acids is 2. The fraction of sp³-hybridized carbons (Fsp3) is 0.364. The van der Waals surface area contributed by atoms with Crippen molar-refractivity contribution in [3.8, 4) is 0 Å². The highest BCUT2D eigenvalue weighted by Crippen LogP contribution is 2.24. The van der Waals surface area contributed by atoms with E-state index in [4.69, 9.17) is 0 Å². The maximum Gasteiger partial charge on any atom is 0.255 e. The van der Waals surface area contributed by atoms with Gasteiger partial charge in [0.25, 0.3) is 5.91 Å². The Balaban J connectivity index is 1.77. The maximum atomic E-state index is 12.6. The monoisotopic (exact) mass is 350 g/mol. The lowest BCUT2D eigenvalue weighted by molar-refractivity contribution is -0.135. The van der Waals surface area contributed by atoms with Crippen molar-refractivity contribution < 1.29 is 9.59 Å². The van der Waals surface area contributed by atoms with Crippen molar-refractivity contribution in [3.05, 3.63) is 64.2 Å². The first-order chi connectivity index (χ1) is 12.3. The van der Waals surface area contributed by atoms with E-state index in [9.17, 15) is 9.59 Å². The van der Waals surface area contributed by atoms with E-state index < -0.39 is 0 Å². The molecule has 0 atom stereocenters. The first-order valence-electron chi connectivity index (χ1n) is 9.13. The smallest absolute Gasteiger partial charge is 0.255 e. The SMILES string of the molecule is Cc1cc(C)cc(C(=O)Nc2ccc3c(c2)CN(C(=O)C(C)C)CC3)c1. The number of rotatable bonds is 3. The Morgan fingerprint density at radius 2 is 1.69 bits per heavy atom. The van der Waals surface area contributed by atoms with Crippen molar-refractivity contribution in [1.82, 2.24) is 4.90 Å². The van der Waals surface area contributed by atoms with Gasteiger partial charge in [-0.05, 0) is 55.7 Å². The number of amides is 2. The molecule has 0 unspecified atom stereocenters. The van der Waals surface area contributed by atoms with Crippen molar-refractivity contribution >= 4 is 17.5 Å². The summed E-state index contributed by atoms with van der Waals surface area (Å²) in [6.45, 7) is 9.21. The minimum Gasteiger partial charge on any atom is -0.338 e. The zero-order chi connectivity index (χ0) is 18.8. The molecule has 0 fully saturated rings. The number of aryl methyl sites for hydroxylation is 2. The van der Waals surface area contributed by atoms with Gasteiger partial charge in [0.1, 0.15) is 0 Å². The number of nitrogens with one attached hydrogen (secondary N) is 1. The fourth-order valence-corrected chi connectivity index (χ4v) is 3.50. The molecule has 1 heterocycles. The fourth-order valence-electron chi connectivity index (χ4n) is 3.50. The van der Waals surface area contributed by atoms with Crippen LogP contribution in [0, 0.1) is 19.8 Å². The van der Waals surface area contributed by atoms with Gasteiger partial charge in [-0.1, -0.05) is 37.1 Å². The molecule has 3 rings (SSSR count). The topological polar surface area (TPSA) is 49.4 Å². The third kappa shape index (κ3) is 3.96. The van der Waals surface area contributed by atoms with Crippen molar-refractivity contribution in [2.45, 2.75) is 40.7 Å². The van der Waals surface area contributed by atoms with Crippen molar-refractivity contribution in [3.63, 3.8) is 0 Å². The second kappa shape index (κ2) is 7.32. The largest absolute Gasteiger partial charge is 0.338 e. The van der Waals surface area contributed by atoms with Crippen LogP contribution >= 0.6 is 0 Å². The first-order valence-corrected chi connectivity index (χ1v) is 9.13. The second-order valence-electron chi connectivity index (χ2n) is 7.48. The van der Waals surface area contributed by atoms with E-state index in [0.29, 0.717) is 12.1 Å². The lowest BCUT2D eigenvalue weighted by atomic mass is 9.98. The van der Waals surface area contributed by atoms with Crippen LogP contribution in [0.3, 0.4) is 0 Å². The molecule has 2 aromatic carbocycles. The third-order valence-corrected chi connectivity index (χ3v) is 4.77. The van der Waals surface area contributed by atoms with Crippen LogP contribution in [0.15, 0.2) is 36.4 Å². The number of hydrogen-bond acceptors (Lipinski definition) is 2. The summed E-state index contributed by atoms with van der Waals surface area (Å²) in [4.78, 5) is 26.8. The first kappa shape index (κ1) is 18.2. The molecule has 4 nitrogen and oxygen atoms in total. The van der Waals surface area contributed by atoms with Crippen molar-refractivity contribution in [1.29, 1.82) is 0 Å². The molecule has 0 spiro atoms. The van der Waals surface area contributed by atoms with E-state index in [1.54, 1.807) is 0 Å². The standard InChI is InChI=1S/C22H26N2O2/c1-14(2)22(26)24-8-7-17-5-6-20(12-19(17)13-24)23-21(25)18-10-15(3)9-16(4)11-18/h5-6,9-12,14H,7-8,13H2,1-4H3,(H,23,25). The molecule has 0 bridgehead atoms. The quantitative estimate of drug-likeness (QED) is 0.906. The van der Waals surface area contributed by atoms with E-state index in [1.807, 2.05) is 56.9 Å². The summed E-state index contributed by atoms with van der Waals surface area (Å²) in [5, 5.41) is 2.99. The van der Waals surface area contributed by atoms with Crippen LogP contribution in [0.2, 0.25) is 0 Å². The zero-order valence-corrected chi connectivity index (χ0v) is 15.9. The van der Waals surface area contributed by atoms with E-state index in [2.05, 4.69) is 17.4 Å². The maximum absolute atomic E-state index is 12.6. The minimum absolute atomic E-state index is 0.00370. The molecule has 2 aromatic rings. The van der Waals surface area contributed by atoms with Crippen LogP contribution in [-0.4, -0.2) is 23.3 Å². The predicted octanol–water partition coefficient (Wildman–Crippen LogP) is 4.10. The van der Waals surface area contributed by atoms with E-state index in [-0.39, 0.29) is 17.7 Å². The van der Waals surface area contributed by atoms with Gasteiger partial charge >= 0.3 is 0 Å². The Kier molecular flexibility index (Phi) is 5.12. The summed E-state index contributed by atoms with van der Waals surface area (Å²) in [6.07, 6.45) is 0.860. The van der Waals surface area contributed by atoms with Crippen LogP contribution in [0.5, 0.6) is 0 Å². The summed E-state index contributed by atoms with van der Waals surface area (Å²) < 4.78 is 0. The van der Waals surface area contributed by atoms with Gasteiger partial charge in [-0.2, -0.15) is 0 Å². The molecular formula is C22H26N2O2. The third-order valence-electron chi connectivity index (χ3n) is 4.77. The number of anilines is 1. The normalized spacial score (nSPS) is 13.5. The molecule has 1 aliphatic rings. The molecule has 0 saturated carbocycles. The van der Waals surface area contributed by atoms with Crippen LogP contribution in [-0.2, 0) is 17.8 Å². The molecule has 1 aliphatic heterocycles. The van der Waals surface area contributed by atoms with Crippen molar-refractivity contribution in [2.24, 2.45) is 5.92 Å². The van der Waals surface area contributed by atoms with Gasteiger partial charge in [-0.15, -0.1) is 0 Å². The average Bonchev–Trinajstić information content (AvgIpc) is 2.59. The summed E-state index contributed by atoms with van der Waals surface area (Å²) >= 11 is 0. The second-order valence-corrected chi connectivity index (χ2v) is 7.48. The minimum atomic E-state index is -0.109. The summed E-state index contributed by atoms with van der Waals surface area (Å²) in [6, 6.07) is 11.8. The molecule has 0 aromatic heterocycles. The van der Waals surface area contributed by atoms with Gasteiger partial charge in [0.05, 0.1) is 0 Å². The predicted molar refractivity (Wildman–Crippen MR) is 104 cm³/mol. The highest BCUT2D eigenvalue weighted by Gasteiger charge is 2.22. The number of benzene rings is 2. The van der Waals surface area contributed by atoms with Gasteiger partial charge in [-0.3, -0.25) is 9.59 Å². The molecule has 0 aliphatic carbocycles. The Labute approximate surface area is 155 Å². The highest BCUT2D eigenvalue weighted by atomic mass is 16.2. The lowest BCUT2D eigenvalue weighted by Gasteiger charge is -2.30. The van der Waals surface area contributed by atoms with Crippen molar-refractivity contribution in [2.75, 3.05) is 11.9 Å². The van der Waals surface area contributed by atoms with Crippen LogP contribution in [0.4, 0.5) is 5.69 Å². The average molecular weight is 350 g/mol. The molecule has 1 N–H and O–H groups in total. The Hall–Kier alpha value is -2.62. The number of fused-ring (bicyclic) bond motifs is 1. The lowest BCUT2D eigenvalue weighted by Crippen LogP contribution is -2.38. The van der Waals surface area contributed by atoms with Gasteiger partial charge < -0.3 is 10.2 Å². The van der Waals surface area contributed by atoms with E-state index >= 15 is 0 Å². The summed E-state index contributed by atoms with van der Waals surface area (Å²) in [5.41, 5.74) is 5.95. The molecule has 0 radical (unpaired) electrons. The number of carbonyl (C=O) groups is 2. The summed E-state index contributed by atoms with van der Waals surface area (Å²) in [5.74, 6) is 0.0759. The number of nitrogens with zero attached hydrogens (tertiary/aromatic N) is 1. The van der Waals surface area contributed by atoms with Gasteiger partial charge in [0.2, 0.25) is 5.91 Å². The molecular weight excluding hydrogens is 324 g/mol. The Bertz CT molecular complexity index is 835. The van der Waals surface area contributed by atoms with Gasteiger partial charge in [-0.25, -0.2) is 0 Å². The Morgan fingerprint density at radius 3 is 2.35 bits per heavy atom. The van der Waals surface area contributed by atoms with E-state index in [0.717, 1.165) is 35.3 Å². The summed E-state index contributed by atoms with van der Waals surface area (Å²) in [7, 11) is 0. The molecule has 136 valence electrons. The molecule has 26 heavy (non-hydrogen) atoms. The van der Waals surface area contributed by atoms with Gasteiger partial charge in [0.15, 0.2) is 0 Å². The van der Waals surface area contributed by atoms with Crippen LogP contribution in [0.25, 0.3) is 0 Å². The van der Waals surface area contributed by atoms with E-state index in [1.165, 1.54) is 5.56 Å². The van der Waals surface area contributed by atoms with Crippen LogP contribution in [0.1, 0.15) is 46.5 Å². The van der Waals surface area contributed by atoms with Crippen LogP contribution < -0.4 is 5.32 Å².